The molecular weight excluding hydrogens is 301 g/mol. The summed E-state index contributed by atoms with van der Waals surface area (Å²) in [5.74, 6) is -0.755. The summed E-state index contributed by atoms with van der Waals surface area (Å²) < 4.78 is 19.6. The van der Waals surface area contributed by atoms with Crippen molar-refractivity contribution in [3.05, 3.63) is 53.4 Å². The van der Waals surface area contributed by atoms with Crippen LogP contribution in [0.15, 0.2) is 35.0 Å². The number of carbonyl (C=O) groups excluding carboxylic acids is 1. The Kier molecular flexibility index (Phi) is 3.88. The zero-order valence-electron chi connectivity index (χ0n) is 12.6. The molecule has 7 nitrogen and oxygen atoms in total. The predicted molar refractivity (Wildman–Crippen MR) is 78.8 cm³/mol. The van der Waals surface area contributed by atoms with Gasteiger partial charge in [0.1, 0.15) is 5.82 Å². The maximum Gasteiger partial charge on any atom is 0.316 e. The van der Waals surface area contributed by atoms with Gasteiger partial charge in [-0.2, -0.15) is 10.1 Å². The van der Waals surface area contributed by atoms with E-state index in [4.69, 9.17) is 4.52 Å². The average molecular weight is 315 g/mol. The van der Waals surface area contributed by atoms with Crippen LogP contribution in [0.3, 0.4) is 0 Å². The van der Waals surface area contributed by atoms with Gasteiger partial charge in [0.05, 0.1) is 6.20 Å². The number of rotatable bonds is 4. The summed E-state index contributed by atoms with van der Waals surface area (Å²) in [4.78, 5) is 16.1. The number of amides is 1. The van der Waals surface area contributed by atoms with Crippen LogP contribution in [0.5, 0.6) is 0 Å². The van der Waals surface area contributed by atoms with E-state index in [1.54, 1.807) is 10.9 Å². The molecule has 1 aromatic carbocycles. The molecule has 2 aromatic heterocycles. The Hall–Kier alpha value is -3.03. The molecule has 8 heteroatoms. The van der Waals surface area contributed by atoms with Crippen LogP contribution in [0.25, 0.3) is 11.4 Å². The van der Waals surface area contributed by atoms with Crippen LogP contribution in [-0.2, 0) is 13.6 Å². The number of nitrogens with zero attached hydrogens (tertiary/aromatic N) is 4. The molecule has 0 saturated heterocycles. The van der Waals surface area contributed by atoms with Crippen molar-refractivity contribution >= 4 is 5.91 Å². The summed E-state index contributed by atoms with van der Waals surface area (Å²) in [6, 6.07) is 5.61. The lowest BCUT2D eigenvalue weighted by atomic mass is 10.2. The van der Waals surface area contributed by atoms with Crippen molar-refractivity contribution in [3.63, 3.8) is 0 Å². The molecule has 118 valence electrons. The molecule has 0 aliphatic rings. The summed E-state index contributed by atoms with van der Waals surface area (Å²) in [6.45, 7) is 2.22. The van der Waals surface area contributed by atoms with E-state index < -0.39 is 5.91 Å². The fourth-order valence-electron chi connectivity index (χ4n) is 2.00. The van der Waals surface area contributed by atoms with Crippen molar-refractivity contribution in [3.8, 4) is 11.4 Å². The second-order valence-electron chi connectivity index (χ2n) is 4.99. The third-order valence-corrected chi connectivity index (χ3v) is 3.50. The molecule has 3 aromatic rings. The first kappa shape index (κ1) is 14.9. The van der Waals surface area contributed by atoms with Gasteiger partial charge in [-0.15, -0.1) is 0 Å². The van der Waals surface area contributed by atoms with E-state index in [0.29, 0.717) is 12.1 Å². The second kappa shape index (κ2) is 5.99. The minimum Gasteiger partial charge on any atom is -0.344 e. The van der Waals surface area contributed by atoms with Crippen molar-refractivity contribution < 1.29 is 13.7 Å². The van der Waals surface area contributed by atoms with E-state index >= 15 is 0 Å². The van der Waals surface area contributed by atoms with Crippen molar-refractivity contribution in [2.75, 3.05) is 0 Å². The third kappa shape index (κ3) is 3.10. The van der Waals surface area contributed by atoms with Gasteiger partial charge in [0.15, 0.2) is 0 Å². The van der Waals surface area contributed by atoms with Crippen LogP contribution in [0.2, 0.25) is 0 Å². The van der Waals surface area contributed by atoms with E-state index in [2.05, 4.69) is 20.6 Å². The number of aromatic nitrogens is 4. The monoisotopic (exact) mass is 315 g/mol. The van der Waals surface area contributed by atoms with Gasteiger partial charge in [-0.25, -0.2) is 4.39 Å². The topological polar surface area (TPSA) is 85.8 Å². The molecular formula is C15H14FN5O2. The Morgan fingerprint density at radius 3 is 2.74 bits per heavy atom. The van der Waals surface area contributed by atoms with E-state index in [0.717, 1.165) is 11.3 Å². The smallest absolute Gasteiger partial charge is 0.316 e. The standard InChI is InChI=1S/C15H14FN5O2/c1-9-11(8-18-21(9)2)7-17-14(22)15-19-13(20-23-15)10-3-5-12(16)6-4-10/h3-6,8H,7H2,1-2H3,(H,17,22). The first-order valence-electron chi connectivity index (χ1n) is 6.90. The van der Waals surface area contributed by atoms with Crippen LogP contribution < -0.4 is 5.32 Å². The SMILES string of the molecule is Cc1c(CNC(=O)c2nc(-c3ccc(F)cc3)no2)cnn1C. The van der Waals surface area contributed by atoms with Gasteiger partial charge in [0, 0.05) is 30.4 Å². The largest absolute Gasteiger partial charge is 0.344 e. The Bertz CT molecular complexity index is 838. The first-order valence-corrected chi connectivity index (χ1v) is 6.90. The highest BCUT2D eigenvalue weighted by Crippen LogP contribution is 2.16. The fraction of sp³-hybridized carbons (Fsp3) is 0.200. The lowest BCUT2D eigenvalue weighted by Crippen LogP contribution is -2.23. The lowest BCUT2D eigenvalue weighted by molar-refractivity contribution is 0.0907. The quantitative estimate of drug-likeness (QED) is 0.794. The van der Waals surface area contributed by atoms with Gasteiger partial charge in [-0.1, -0.05) is 5.16 Å². The number of hydrogen-bond acceptors (Lipinski definition) is 5. The van der Waals surface area contributed by atoms with Gasteiger partial charge >= 0.3 is 11.8 Å². The molecule has 0 fully saturated rings. The summed E-state index contributed by atoms with van der Waals surface area (Å²) in [5, 5.41) is 10.5. The van der Waals surface area contributed by atoms with Crippen LogP contribution in [0.1, 0.15) is 21.9 Å². The molecule has 2 heterocycles. The molecule has 1 amide bonds. The summed E-state index contributed by atoms with van der Waals surface area (Å²) in [6.07, 6.45) is 1.69. The second-order valence-corrected chi connectivity index (χ2v) is 4.99. The maximum absolute atomic E-state index is 12.9. The van der Waals surface area contributed by atoms with Crippen LogP contribution in [0.4, 0.5) is 4.39 Å². The highest BCUT2D eigenvalue weighted by molar-refractivity contribution is 5.89. The average Bonchev–Trinajstić information content (AvgIpc) is 3.15. The molecule has 0 unspecified atom stereocenters. The number of carbonyl (C=O) groups is 1. The molecule has 0 aliphatic carbocycles. The molecule has 0 aliphatic heterocycles. The van der Waals surface area contributed by atoms with E-state index in [1.165, 1.54) is 24.3 Å². The first-order chi connectivity index (χ1) is 11.0. The highest BCUT2D eigenvalue weighted by atomic mass is 19.1. The van der Waals surface area contributed by atoms with Crippen molar-refractivity contribution in [1.29, 1.82) is 0 Å². The van der Waals surface area contributed by atoms with Gasteiger partial charge in [0.2, 0.25) is 5.82 Å². The Balaban J connectivity index is 1.69. The molecule has 0 radical (unpaired) electrons. The van der Waals surface area contributed by atoms with E-state index in [-0.39, 0.29) is 17.5 Å². The molecule has 0 bridgehead atoms. The number of nitrogens with one attached hydrogen (secondary N) is 1. The maximum atomic E-state index is 12.9. The van der Waals surface area contributed by atoms with Crippen LogP contribution in [0, 0.1) is 12.7 Å². The zero-order chi connectivity index (χ0) is 16.4. The Labute approximate surface area is 131 Å². The predicted octanol–water partition coefficient (Wildman–Crippen LogP) is 1.85. The van der Waals surface area contributed by atoms with Crippen molar-refractivity contribution in [2.45, 2.75) is 13.5 Å². The highest BCUT2D eigenvalue weighted by Gasteiger charge is 2.16. The molecule has 23 heavy (non-hydrogen) atoms. The molecule has 0 atom stereocenters. The Morgan fingerprint density at radius 2 is 2.09 bits per heavy atom. The molecule has 0 saturated carbocycles. The summed E-state index contributed by atoms with van der Waals surface area (Å²) in [5.41, 5.74) is 2.43. The van der Waals surface area contributed by atoms with Crippen molar-refractivity contribution in [2.24, 2.45) is 7.05 Å². The molecule has 0 spiro atoms. The minimum absolute atomic E-state index is 0.147. The number of hydrogen-bond donors (Lipinski definition) is 1. The summed E-state index contributed by atoms with van der Waals surface area (Å²) in [7, 11) is 1.83. The number of aryl methyl sites for hydroxylation is 1. The number of halogens is 1. The lowest BCUT2D eigenvalue weighted by Gasteiger charge is -2.01. The molecule has 3 rings (SSSR count). The van der Waals surface area contributed by atoms with Gasteiger partial charge in [-0.3, -0.25) is 9.48 Å². The third-order valence-electron chi connectivity index (χ3n) is 3.50. The van der Waals surface area contributed by atoms with Crippen LogP contribution in [-0.4, -0.2) is 25.8 Å². The molecule has 1 N–H and O–H groups in total. The van der Waals surface area contributed by atoms with Gasteiger partial charge in [-0.05, 0) is 31.2 Å². The normalized spacial score (nSPS) is 10.7. The Morgan fingerprint density at radius 1 is 1.35 bits per heavy atom. The minimum atomic E-state index is -0.478. The van der Waals surface area contributed by atoms with Crippen LogP contribution >= 0.6 is 0 Å². The van der Waals surface area contributed by atoms with Gasteiger partial charge in [0.25, 0.3) is 0 Å². The summed E-state index contributed by atoms with van der Waals surface area (Å²) >= 11 is 0. The zero-order valence-corrected chi connectivity index (χ0v) is 12.6. The number of benzene rings is 1. The fourth-order valence-corrected chi connectivity index (χ4v) is 2.00. The van der Waals surface area contributed by atoms with E-state index in [9.17, 15) is 9.18 Å². The van der Waals surface area contributed by atoms with Gasteiger partial charge < -0.3 is 9.84 Å². The van der Waals surface area contributed by atoms with Crippen molar-refractivity contribution in [1.82, 2.24) is 25.2 Å². The van der Waals surface area contributed by atoms with E-state index in [1.807, 2.05) is 14.0 Å².